The summed E-state index contributed by atoms with van der Waals surface area (Å²) in [7, 11) is -3.88. The smallest absolute Gasteiger partial charge is 0.197 e. The van der Waals surface area contributed by atoms with Gasteiger partial charge in [0.05, 0.1) is 5.75 Å². The molecule has 0 atom stereocenters. The predicted octanol–water partition coefficient (Wildman–Crippen LogP) is 2.69. The zero-order valence-corrected chi connectivity index (χ0v) is 10.3. The first-order valence-corrected chi connectivity index (χ1v) is 6.23. The van der Waals surface area contributed by atoms with Crippen LogP contribution in [0.2, 0.25) is 0 Å². The summed E-state index contributed by atoms with van der Waals surface area (Å²) in [6.07, 6.45) is 5.76. The molecule has 0 unspecified atom stereocenters. The SMILES string of the molecule is CCCCCCCCS(=O)(=O)OF.S. The molecule has 0 amide bonds. The first-order chi connectivity index (χ1) is 6.12. The molecular weight excluding hydrogens is 227 g/mol. The van der Waals surface area contributed by atoms with Crippen molar-refractivity contribution < 1.29 is 17.3 Å². The number of unbranched alkanes of at least 4 members (excludes halogenated alkanes) is 5. The van der Waals surface area contributed by atoms with Crippen LogP contribution in [-0.2, 0) is 14.5 Å². The first-order valence-electron chi connectivity index (χ1n) is 4.65. The summed E-state index contributed by atoms with van der Waals surface area (Å²) in [6.45, 7) is 2.11. The van der Waals surface area contributed by atoms with Gasteiger partial charge in [0.25, 0.3) is 10.1 Å². The van der Waals surface area contributed by atoms with E-state index in [1.165, 1.54) is 6.42 Å². The van der Waals surface area contributed by atoms with Crippen LogP contribution in [0.25, 0.3) is 0 Å². The van der Waals surface area contributed by atoms with Gasteiger partial charge in [-0.2, -0.15) is 21.9 Å². The van der Waals surface area contributed by atoms with Crippen LogP contribution in [0.3, 0.4) is 0 Å². The van der Waals surface area contributed by atoms with E-state index < -0.39 is 10.1 Å². The third-order valence-electron chi connectivity index (χ3n) is 1.84. The Labute approximate surface area is 92.5 Å². The zero-order valence-electron chi connectivity index (χ0n) is 8.46. The van der Waals surface area contributed by atoms with Gasteiger partial charge < -0.3 is 0 Å². The fourth-order valence-electron chi connectivity index (χ4n) is 1.09. The van der Waals surface area contributed by atoms with Crippen LogP contribution in [0.1, 0.15) is 45.4 Å². The van der Waals surface area contributed by atoms with E-state index in [0.29, 0.717) is 6.42 Å². The maximum absolute atomic E-state index is 11.3. The molecule has 0 aromatic rings. The second kappa shape index (κ2) is 9.73. The molecule has 0 fully saturated rings. The lowest BCUT2D eigenvalue weighted by Crippen LogP contribution is -2.05. The van der Waals surface area contributed by atoms with E-state index in [1.54, 1.807) is 0 Å². The molecule has 0 aromatic heterocycles. The van der Waals surface area contributed by atoms with Gasteiger partial charge in [0.1, 0.15) is 0 Å². The van der Waals surface area contributed by atoms with E-state index in [0.717, 1.165) is 25.7 Å². The van der Waals surface area contributed by atoms with Gasteiger partial charge in [-0.3, -0.25) is 0 Å². The summed E-state index contributed by atoms with van der Waals surface area (Å²) in [5, 5.41) is 0. The van der Waals surface area contributed by atoms with Crippen LogP contribution in [0, 0.1) is 0 Å². The van der Waals surface area contributed by atoms with Crippen molar-refractivity contribution in [2.75, 3.05) is 5.75 Å². The van der Waals surface area contributed by atoms with Gasteiger partial charge in [-0.15, -0.1) is 0 Å². The molecule has 0 spiro atoms. The second-order valence-corrected chi connectivity index (χ2v) is 4.74. The van der Waals surface area contributed by atoms with Gasteiger partial charge in [-0.25, -0.2) is 0 Å². The summed E-state index contributed by atoms with van der Waals surface area (Å²) in [4.78, 5) is 0. The molecule has 0 aliphatic rings. The van der Waals surface area contributed by atoms with Gasteiger partial charge in [0, 0.05) is 0 Å². The quantitative estimate of drug-likeness (QED) is 0.618. The van der Waals surface area contributed by atoms with Crippen molar-refractivity contribution >= 4 is 23.6 Å². The lowest BCUT2D eigenvalue weighted by Gasteiger charge is -1.99. The third-order valence-corrected chi connectivity index (χ3v) is 2.82. The van der Waals surface area contributed by atoms with Gasteiger partial charge in [0.2, 0.25) is 0 Å². The maximum atomic E-state index is 11.3. The molecule has 3 nitrogen and oxygen atoms in total. The molecule has 0 rings (SSSR count). The Balaban J connectivity index is 0. The van der Waals surface area contributed by atoms with Crippen molar-refractivity contribution in [3.8, 4) is 0 Å². The predicted molar refractivity (Wildman–Crippen MR) is 59.7 cm³/mol. The van der Waals surface area contributed by atoms with Gasteiger partial charge in [-0.05, 0) is 10.9 Å². The molecule has 0 radical (unpaired) electrons. The van der Waals surface area contributed by atoms with Crippen LogP contribution in [-0.4, -0.2) is 14.2 Å². The van der Waals surface area contributed by atoms with Crippen LogP contribution in [0.4, 0.5) is 4.53 Å². The van der Waals surface area contributed by atoms with E-state index in [4.69, 9.17) is 0 Å². The highest BCUT2D eigenvalue weighted by molar-refractivity contribution is 7.86. The van der Waals surface area contributed by atoms with Crippen molar-refractivity contribution in [1.82, 2.24) is 0 Å². The first kappa shape index (κ1) is 16.6. The molecule has 0 N–H and O–H groups in total. The van der Waals surface area contributed by atoms with Gasteiger partial charge in [0.15, 0.2) is 0 Å². The Morgan fingerprint density at radius 1 is 1.07 bits per heavy atom. The molecule has 6 heteroatoms. The Hall–Kier alpha value is 0.190. The van der Waals surface area contributed by atoms with Crippen molar-refractivity contribution in [3.05, 3.63) is 0 Å². The van der Waals surface area contributed by atoms with Crippen LogP contribution in [0.15, 0.2) is 0 Å². The highest BCUT2D eigenvalue weighted by atomic mass is 32.2. The lowest BCUT2D eigenvalue weighted by atomic mass is 10.1. The molecule has 0 aliphatic carbocycles. The zero-order chi connectivity index (χ0) is 10.2. The highest BCUT2D eigenvalue weighted by Crippen LogP contribution is 2.07. The lowest BCUT2D eigenvalue weighted by molar-refractivity contribution is 0.00288. The minimum Gasteiger partial charge on any atom is -0.197 e. The van der Waals surface area contributed by atoms with E-state index in [9.17, 15) is 12.9 Å². The molecule has 0 saturated carbocycles. The summed E-state index contributed by atoms with van der Waals surface area (Å²) >= 11 is 0. The number of hydrogen-bond acceptors (Lipinski definition) is 3. The highest BCUT2D eigenvalue weighted by Gasteiger charge is 2.09. The number of halogens is 1. The van der Waals surface area contributed by atoms with Crippen LogP contribution < -0.4 is 0 Å². The fraction of sp³-hybridized carbons (Fsp3) is 1.00. The van der Waals surface area contributed by atoms with E-state index in [1.807, 2.05) is 0 Å². The summed E-state index contributed by atoms with van der Waals surface area (Å²) in [5.74, 6) is -0.213. The average Bonchev–Trinajstić information content (AvgIpc) is 2.11. The molecule has 0 aliphatic heterocycles. The van der Waals surface area contributed by atoms with Crippen LogP contribution >= 0.6 is 13.5 Å². The minimum absolute atomic E-state index is 0. The molecule has 0 aromatic carbocycles. The standard InChI is InChI=1S/C8H17FO3S.H2S/c1-2-3-4-5-6-7-8-13(10,11)12-9;/h2-8H2,1H3;1H2. The van der Waals surface area contributed by atoms with E-state index in [-0.39, 0.29) is 19.2 Å². The van der Waals surface area contributed by atoms with Crippen molar-refractivity contribution in [1.29, 1.82) is 0 Å². The normalized spacial score (nSPS) is 11.0. The van der Waals surface area contributed by atoms with Crippen molar-refractivity contribution in [3.63, 3.8) is 0 Å². The minimum atomic E-state index is -3.88. The molecule has 88 valence electrons. The van der Waals surface area contributed by atoms with Crippen molar-refractivity contribution in [2.45, 2.75) is 45.4 Å². The topological polar surface area (TPSA) is 43.4 Å². The molecule has 0 saturated heterocycles. The van der Waals surface area contributed by atoms with Crippen molar-refractivity contribution in [2.24, 2.45) is 0 Å². The van der Waals surface area contributed by atoms with Gasteiger partial charge in [-0.1, -0.05) is 43.4 Å². The Morgan fingerprint density at radius 2 is 1.57 bits per heavy atom. The summed E-state index contributed by atoms with van der Waals surface area (Å²) in [5.41, 5.74) is 0. The summed E-state index contributed by atoms with van der Waals surface area (Å²) < 4.78 is 35.1. The van der Waals surface area contributed by atoms with E-state index in [2.05, 4.69) is 11.3 Å². The Kier molecular flexibility index (Phi) is 11.6. The summed E-state index contributed by atoms with van der Waals surface area (Å²) in [6, 6.07) is 0. The molecule has 0 bridgehead atoms. The molecule has 0 heterocycles. The third kappa shape index (κ3) is 10.3. The number of hydrogen-bond donors (Lipinski definition) is 0. The fourth-order valence-corrected chi connectivity index (χ4v) is 1.71. The molecule has 14 heavy (non-hydrogen) atoms. The Bertz CT molecular complexity index is 205. The largest absolute Gasteiger partial charge is 0.297 e. The van der Waals surface area contributed by atoms with Gasteiger partial charge >= 0.3 is 0 Å². The number of rotatable bonds is 8. The monoisotopic (exact) mass is 246 g/mol. The van der Waals surface area contributed by atoms with Crippen LogP contribution in [0.5, 0.6) is 0 Å². The maximum Gasteiger partial charge on any atom is 0.297 e. The Morgan fingerprint density at radius 3 is 2.07 bits per heavy atom. The van der Waals surface area contributed by atoms with E-state index >= 15 is 0 Å². The second-order valence-electron chi connectivity index (χ2n) is 3.09. The molecular formula is C8H19FO3S2. The average molecular weight is 246 g/mol.